The molecule has 0 fully saturated rings. The molecule has 0 atom stereocenters. The molecule has 0 aliphatic rings. The lowest BCUT2D eigenvalue weighted by Gasteiger charge is -2.03. The Bertz CT molecular complexity index is 978. The maximum atomic E-state index is 12.1. The summed E-state index contributed by atoms with van der Waals surface area (Å²) in [6.45, 7) is 1.49. The molecule has 8 heteroatoms. The molecule has 0 N–H and O–H groups in total. The second-order valence-corrected chi connectivity index (χ2v) is 5.75. The van der Waals surface area contributed by atoms with Gasteiger partial charge in [-0.3, -0.25) is 10.1 Å². The maximum absolute atomic E-state index is 12.1. The van der Waals surface area contributed by atoms with Gasteiger partial charge in [-0.1, -0.05) is 11.2 Å². The van der Waals surface area contributed by atoms with Gasteiger partial charge in [0.2, 0.25) is 0 Å². The molecule has 1 aromatic heterocycles. The van der Waals surface area contributed by atoms with Gasteiger partial charge in [0.05, 0.1) is 17.6 Å². The van der Waals surface area contributed by atoms with E-state index in [1.54, 1.807) is 32.2 Å². The first kappa shape index (κ1) is 18.1. The SMILES string of the molecule is COc1ccc(-c2cc(COC(=O)c3ccc(C)c([N+](=O)[O-])c3)no2)cc1. The van der Waals surface area contributed by atoms with Crippen molar-refractivity contribution in [2.45, 2.75) is 13.5 Å². The Balaban J connectivity index is 1.67. The first-order chi connectivity index (χ1) is 13.0. The summed E-state index contributed by atoms with van der Waals surface area (Å²) >= 11 is 0. The van der Waals surface area contributed by atoms with Crippen LogP contribution in [0.3, 0.4) is 0 Å². The number of nitro groups is 1. The van der Waals surface area contributed by atoms with Crippen molar-refractivity contribution in [3.63, 3.8) is 0 Å². The molecule has 0 spiro atoms. The van der Waals surface area contributed by atoms with Crippen LogP contribution in [-0.4, -0.2) is 23.2 Å². The molecule has 0 unspecified atom stereocenters. The van der Waals surface area contributed by atoms with E-state index in [1.165, 1.54) is 18.2 Å². The van der Waals surface area contributed by atoms with Crippen molar-refractivity contribution < 1.29 is 23.7 Å². The Kier molecular flexibility index (Phi) is 5.16. The Labute approximate surface area is 154 Å². The van der Waals surface area contributed by atoms with Gasteiger partial charge in [0.15, 0.2) is 5.76 Å². The Morgan fingerprint density at radius 2 is 1.93 bits per heavy atom. The summed E-state index contributed by atoms with van der Waals surface area (Å²) in [6, 6.07) is 13.1. The molecule has 0 radical (unpaired) electrons. The van der Waals surface area contributed by atoms with E-state index in [-0.39, 0.29) is 17.9 Å². The highest BCUT2D eigenvalue weighted by Gasteiger charge is 2.17. The predicted octanol–water partition coefficient (Wildman–Crippen LogP) is 3.92. The lowest BCUT2D eigenvalue weighted by atomic mass is 10.1. The summed E-state index contributed by atoms with van der Waals surface area (Å²) in [4.78, 5) is 22.6. The van der Waals surface area contributed by atoms with Crippen LogP contribution in [0.25, 0.3) is 11.3 Å². The minimum atomic E-state index is -0.674. The third kappa shape index (κ3) is 4.12. The zero-order valence-electron chi connectivity index (χ0n) is 14.7. The number of methoxy groups -OCH3 is 1. The lowest BCUT2D eigenvalue weighted by Crippen LogP contribution is -2.06. The molecule has 0 bridgehead atoms. The largest absolute Gasteiger partial charge is 0.497 e. The average Bonchev–Trinajstić information content (AvgIpc) is 3.15. The minimum Gasteiger partial charge on any atom is -0.497 e. The van der Waals surface area contributed by atoms with E-state index < -0.39 is 10.9 Å². The molecule has 3 rings (SSSR count). The van der Waals surface area contributed by atoms with Crippen molar-refractivity contribution in [1.82, 2.24) is 5.16 Å². The van der Waals surface area contributed by atoms with Gasteiger partial charge < -0.3 is 14.0 Å². The van der Waals surface area contributed by atoms with Crippen LogP contribution in [0.15, 0.2) is 53.1 Å². The molecule has 138 valence electrons. The second-order valence-electron chi connectivity index (χ2n) is 5.75. The van der Waals surface area contributed by atoms with Crippen LogP contribution in [-0.2, 0) is 11.3 Å². The quantitative estimate of drug-likeness (QED) is 0.369. The van der Waals surface area contributed by atoms with Crippen LogP contribution in [0, 0.1) is 17.0 Å². The number of hydrogen-bond donors (Lipinski definition) is 0. The van der Waals surface area contributed by atoms with E-state index in [1.807, 2.05) is 12.1 Å². The fourth-order valence-electron chi connectivity index (χ4n) is 2.43. The third-order valence-corrected chi connectivity index (χ3v) is 3.93. The average molecular weight is 368 g/mol. The zero-order chi connectivity index (χ0) is 19.4. The number of benzene rings is 2. The molecule has 0 amide bonds. The molecule has 0 saturated heterocycles. The zero-order valence-corrected chi connectivity index (χ0v) is 14.7. The molecule has 2 aromatic carbocycles. The Hall–Kier alpha value is -3.68. The highest BCUT2D eigenvalue weighted by molar-refractivity contribution is 5.90. The number of nitrogens with zero attached hydrogens (tertiary/aromatic N) is 2. The fraction of sp³-hybridized carbons (Fsp3) is 0.158. The summed E-state index contributed by atoms with van der Waals surface area (Å²) in [5.74, 6) is 0.571. The van der Waals surface area contributed by atoms with Crippen molar-refractivity contribution in [3.05, 3.63) is 75.5 Å². The number of rotatable bonds is 6. The van der Waals surface area contributed by atoms with E-state index in [2.05, 4.69) is 5.16 Å². The summed E-state index contributed by atoms with van der Waals surface area (Å²) in [5, 5.41) is 14.8. The van der Waals surface area contributed by atoms with E-state index in [9.17, 15) is 14.9 Å². The van der Waals surface area contributed by atoms with Gasteiger partial charge >= 0.3 is 5.97 Å². The van der Waals surface area contributed by atoms with Crippen molar-refractivity contribution in [2.75, 3.05) is 7.11 Å². The fourth-order valence-corrected chi connectivity index (χ4v) is 2.43. The molecule has 0 aliphatic carbocycles. The summed E-state index contributed by atoms with van der Waals surface area (Å²) < 4.78 is 15.5. The topological polar surface area (TPSA) is 105 Å². The van der Waals surface area contributed by atoms with Gasteiger partial charge in [-0.2, -0.15) is 0 Å². The molecular weight excluding hydrogens is 352 g/mol. The van der Waals surface area contributed by atoms with Gasteiger partial charge in [0.25, 0.3) is 5.69 Å². The second kappa shape index (κ2) is 7.69. The molecule has 0 saturated carbocycles. The summed E-state index contributed by atoms with van der Waals surface area (Å²) in [6.07, 6.45) is 0. The number of nitro benzene ring substituents is 1. The van der Waals surface area contributed by atoms with Gasteiger partial charge in [0.1, 0.15) is 18.1 Å². The standard InChI is InChI=1S/C19H16N2O6/c1-12-3-4-14(9-17(12)21(23)24)19(22)26-11-15-10-18(27-20-15)13-5-7-16(25-2)8-6-13/h3-10H,11H2,1-2H3. The molecule has 27 heavy (non-hydrogen) atoms. The van der Waals surface area contributed by atoms with Crippen molar-refractivity contribution in [3.8, 4) is 17.1 Å². The first-order valence-electron chi connectivity index (χ1n) is 8.00. The minimum absolute atomic E-state index is 0.103. The van der Waals surface area contributed by atoms with Gasteiger partial charge in [-0.05, 0) is 37.3 Å². The van der Waals surface area contributed by atoms with Gasteiger partial charge in [-0.25, -0.2) is 4.79 Å². The van der Waals surface area contributed by atoms with Crippen LogP contribution < -0.4 is 4.74 Å². The van der Waals surface area contributed by atoms with Gasteiger partial charge in [-0.15, -0.1) is 0 Å². The normalized spacial score (nSPS) is 10.4. The number of hydrogen-bond acceptors (Lipinski definition) is 7. The smallest absolute Gasteiger partial charge is 0.338 e. The Morgan fingerprint density at radius 1 is 1.19 bits per heavy atom. The van der Waals surface area contributed by atoms with Crippen LogP contribution in [0.1, 0.15) is 21.6 Å². The highest BCUT2D eigenvalue weighted by Crippen LogP contribution is 2.24. The Morgan fingerprint density at radius 3 is 2.59 bits per heavy atom. The van der Waals surface area contributed by atoms with Crippen LogP contribution in [0.2, 0.25) is 0 Å². The third-order valence-electron chi connectivity index (χ3n) is 3.93. The van der Waals surface area contributed by atoms with E-state index in [4.69, 9.17) is 14.0 Å². The highest BCUT2D eigenvalue weighted by atomic mass is 16.6. The predicted molar refractivity (Wildman–Crippen MR) is 95.4 cm³/mol. The molecular formula is C19H16N2O6. The maximum Gasteiger partial charge on any atom is 0.338 e. The van der Waals surface area contributed by atoms with Crippen LogP contribution in [0.5, 0.6) is 5.75 Å². The molecule has 1 heterocycles. The number of carbonyl (C=O) groups excluding carboxylic acids is 1. The van der Waals surface area contributed by atoms with Crippen molar-refractivity contribution in [1.29, 1.82) is 0 Å². The number of ether oxygens (including phenoxy) is 2. The summed E-state index contributed by atoms with van der Waals surface area (Å²) in [5.41, 5.74) is 1.67. The lowest BCUT2D eigenvalue weighted by molar-refractivity contribution is -0.385. The van der Waals surface area contributed by atoms with Gasteiger partial charge in [0, 0.05) is 23.3 Å². The molecule has 8 nitrogen and oxygen atoms in total. The number of aromatic nitrogens is 1. The van der Waals surface area contributed by atoms with Crippen molar-refractivity contribution in [2.24, 2.45) is 0 Å². The van der Waals surface area contributed by atoms with E-state index in [0.717, 1.165) is 11.3 Å². The summed E-state index contributed by atoms with van der Waals surface area (Å²) in [7, 11) is 1.58. The number of esters is 1. The number of carbonyl (C=O) groups is 1. The monoisotopic (exact) mass is 368 g/mol. The van der Waals surface area contributed by atoms with Crippen LogP contribution in [0.4, 0.5) is 5.69 Å². The molecule has 3 aromatic rings. The number of aryl methyl sites for hydroxylation is 1. The van der Waals surface area contributed by atoms with Crippen LogP contribution >= 0.6 is 0 Å². The first-order valence-corrected chi connectivity index (χ1v) is 8.00. The van der Waals surface area contributed by atoms with Crippen molar-refractivity contribution >= 4 is 11.7 Å². The van der Waals surface area contributed by atoms with E-state index in [0.29, 0.717) is 17.0 Å². The van der Waals surface area contributed by atoms with E-state index >= 15 is 0 Å². The molecule has 0 aliphatic heterocycles.